The summed E-state index contributed by atoms with van der Waals surface area (Å²) in [5, 5.41) is 0. The first-order valence-electron chi connectivity index (χ1n) is 3.83. The minimum Gasteiger partial charge on any atom is -0.462 e. The maximum Gasteiger partial charge on any atom is 0.341 e. The lowest BCUT2D eigenvalue weighted by atomic mass is 9.93. The number of hydrogen-bond donors (Lipinski definition) is 0. The molecule has 0 fully saturated rings. The van der Waals surface area contributed by atoms with Crippen LogP contribution in [0.2, 0.25) is 0 Å². The molecule has 0 aromatic carbocycles. The molecule has 12 heavy (non-hydrogen) atoms. The predicted molar refractivity (Wildman–Crippen MR) is 45.3 cm³/mol. The van der Waals surface area contributed by atoms with Crippen LogP contribution in [0.1, 0.15) is 27.2 Å². The van der Waals surface area contributed by atoms with Gasteiger partial charge in [-0.25, -0.2) is 9.59 Å². The highest BCUT2D eigenvalue weighted by molar-refractivity contribution is 5.89. The SMILES string of the molecule is CC(C)(C)CCOC(=O)C=C=O. The van der Waals surface area contributed by atoms with Crippen LogP contribution in [0.5, 0.6) is 0 Å². The van der Waals surface area contributed by atoms with Crippen molar-refractivity contribution in [2.75, 3.05) is 6.61 Å². The largest absolute Gasteiger partial charge is 0.462 e. The zero-order valence-corrected chi connectivity index (χ0v) is 7.72. The van der Waals surface area contributed by atoms with Gasteiger partial charge in [0.1, 0.15) is 12.0 Å². The Bertz CT molecular complexity index is 194. The molecule has 0 spiro atoms. The van der Waals surface area contributed by atoms with E-state index in [0.29, 0.717) is 6.61 Å². The minimum absolute atomic E-state index is 0.144. The highest BCUT2D eigenvalue weighted by atomic mass is 16.5. The van der Waals surface area contributed by atoms with Crippen LogP contribution in [0.4, 0.5) is 0 Å². The average Bonchev–Trinajstić information content (AvgIpc) is 1.84. The fraction of sp³-hybridized carbons (Fsp3) is 0.667. The van der Waals surface area contributed by atoms with Crippen molar-refractivity contribution >= 4 is 11.9 Å². The Labute approximate surface area is 72.4 Å². The highest BCUT2D eigenvalue weighted by Crippen LogP contribution is 2.17. The van der Waals surface area contributed by atoms with Gasteiger partial charge < -0.3 is 4.74 Å². The molecule has 0 amide bonds. The summed E-state index contributed by atoms with van der Waals surface area (Å²) in [5.41, 5.74) is 0.144. The van der Waals surface area contributed by atoms with E-state index in [1.54, 1.807) is 0 Å². The van der Waals surface area contributed by atoms with Crippen LogP contribution in [0.25, 0.3) is 0 Å². The summed E-state index contributed by atoms with van der Waals surface area (Å²) >= 11 is 0. The molecule has 0 radical (unpaired) electrons. The standard InChI is InChI=1S/C9H14O3/c1-9(2,3)5-7-12-8(11)4-6-10/h4H,5,7H2,1-3H3. The topological polar surface area (TPSA) is 43.4 Å². The quantitative estimate of drug-likeness (QED) is 0.365. The fourth-order valence-corrected chi connectivity index (χ4v) is 0.548. The summed E-state index contributed by atoms with van der Waals surface area (Å²) < 4.78 is 4.70. The molecule has 0 rings (SSSR count). The van der Waals surface area contributed by atoms with Crippen molar-refractivity contribution in [1.29, 1.82) is 0 Å². The molecular weight excluding hydrogens is 156 g/mol. The summed E-state index contributed by atoms with van der Waals surface area (Å²) in [6.45, 7) is 6.50. The maximum atomic E-state index is 10.6. The van der Waals surface area contributed by atoms with E-state index in [0.717, 1.165) is 12.5 Å². The van der Waals surface area contributed by atoms with Gasteiger partial charge in [0.2, 0.25) is 0 Å². The molecule has 0 saturated heterocycles. The second-order valence-electron chi connectivity index (χ2n) is 3.74. The smallest absolute Gasteiger partial charge is 0.341 e. The summed E-state index contributed by atoms with van der Waals surface area (Å²) in [7, 11) is 0. The zero-order chi connectivity index (χ0) is 9.61. The Morgan fingerprint density at radius 2 is 2.08 bits per heavy atom. The van der Waals surface area contributed by atoms with E-state index in [1.807, 2.05) is 0 Å². The van der Waals surface area contributed by atoms with E-state index in [4.69, 9.17) is 4.74 Å². The number of rotatable bonds is 3. The summed E-state index contributed by atoms with van der Waals surface area (Å²) in [6, 6.07) is 0. The second kappa shape index (κ2) is 4.73. The number of esters is 1. The van der Waals surface area contributed by atoms with Gasteiger partial charge in [-0.05, 0) is 11.8 Å². The van der Waals surface area contributed by atoms with Crippen LogP contribution < -0.4 is 0 Å². The third-order valence-electron chi connectivity index (χ3n) is 1.27. The van der Waals surface area contributed by atoms with Crippen molar-refractivity contribution in [3.8, 4) is 0 Å². The van der Waals surface area contributed by atoms with Crippen molar-refractivity contribution in [1.82, 2.24) is 0 Å². The highest BCUT2D eigenvalue weighted by Gasteiger charge is 2.10. The van der Waals surface area contributed by atoms with Gasteiger partial charge in [0.25, 0.3) is 0 Å². The molecule has 0 aromatic rings. The van der Waals surface area contributed by atoms with Gasteiger partial charge in [-0.15, -0.1) is 0 Å². The molecule has 0 saturated carbocycles. The molecule has 0 heterocycles. The monoisotopic (exact) mass is 170 g/mol. The Hall–Kier alpha value is -1.08. The third kappa shape index (κ3) is 7.03. The Balaban J connectivity index is 3.57. The van der Waals surface area contributed by atoms with Crippen molar-refractivity contribution in [3.05, 3.63) is 6.08 Å². The molecule has 3 nitrogen and oxygen atoms in total. The van der Waals surface area contributed by atoms with Crippen molar-refractivity contribution in [2.45, 2.75) is 27.2 Å². The molecule has 0 aromatic heterocycles. The van der Waals surface area contributed by atoms with E-state index in [1.165, 1.54) is 5.94 Å². The second-order valence-corrected chi connectivity index (χ2v) is 3.74. The zero-order valence-electron chi connectivity index (χ0n) is 7.72. The van der Waals surface area contributed by atoms with E-state index >= 15 is 0 Å². The van der Waals surface area contributed by atoms with Crippen LogP contribution in [0.3, 0.4) is 0 Å². The van der Waals surface area contributed by atoms with Gasteiger partial charge in [-0.2, -0.15) is 0 Å². The minimum atomic E-state index is -0.616. The number of carbonyl (C=O) groups excluding carboxylic acids is 2. The molecular formula is C9H14O3. The number of ether oxygens (including phenoxy) is 1. The van der Waals surface area contributed by atoms with Gasteiger partial charge in [0.15, 0.2) is 0 Å². The lowest BCUT2D eigenvalue weighted by Crippen LogP contribution is -2.11. The predicted octanol–water partition coefficient (Wildman–Crippen LogP) is 1.35. The first-order valence-corrected chi connectivity index (χ1v) is 3.83. The Morgan fingerprint density at radius 3 is 2.50 bits per heavy atom. The molecule has 0 aliphatic carbocycles. The van der Waals surface area contributed by atoms with Gasteiger partial charge in [-0.1, -0.05) is 20.8 Å². The van der Waals surface area contributed by atoms with Crippen LogP contribution in [0.15, 0.2) is 6.08 Å². The molecule has 0 N–H and O–H groups in total. The number of hydrogen-bond acceptors (Lipinski definition) is 3. The van der Waals surface area contributed by atoms with Crippen LogP contribution in [0, 0.1) is 5.41 Å². The lowest BCUT2D eigenvalue weighted by molar-refractivity contribution is -0.138. The first-order chi connectivity index (χ1) is 5.45. The van der Waals surface area contributed by atoms with Crippen molar-refractivity contribution < 1.29 is 14.3 Å². The van der Waals surface area contributed by atoms with E-state index in [-0.39, 0.29) is 5.41 Å². The molecule has 68 valence electrons. The maximum absolute atomic E-state index is 10.6. The van der Waals surface area contributed by atoms with E-state index in [2.05, 4.69) is 20.8 Å². The number of carbonyl (C=O) groups is 1. The molecule has 0 bridgehead atoms. The molecule has 3 heteroatoms. The fourth-order valence-electron chi connectivity index (χ4n) is 0.548. The first kappa shape index (κ1) is 10.9. The van der Waals surface area contributed by atoms with Gasteiger partial charge >= 0.3 is 5.97 Å². The van der Waals surface area contributed by atoms with Crippen molar-refractivity contribution in [3.63, 3.8) is 0 Å². The van der Waals surface area contributed by atoms with Gasteiger partial charge in [0.05, 0.1) is 6.61 Å². The summed E-state index contributed by atoms with van der Waals surface area (Å²) in [4.78, 5) is 20.3. The molecule has 0 unspecified atom stereocenters. The molecule has 0 aliphatic rings. The van der Waals surface area contributed by atoms with Crippen LogP contribution in [-0.4, -0.2) is 18.5 Å². The molecule has 0 aliphatic heterocycles. The normalized spacial score (nSPS) is 10.2. The Morgan fingerprint density at radius 1 is 1.50 bits per heavy atom. The van der Waals surface area contributed by atoms with Crippen LogP contribution in [-0.2, 0) is 14.3 Å². The average molecular weight is 170 g/mol. The lowest BCUT2D eigenvalue weighted by Gasteiger charge is -2.16. The van der Waals surface area contributed by atoms with Crippen molar-refractivity contribution in [2.24, 2.45) is 5.41 Å². The third-order valence-corrected chi connectivity index (χ3v) is 1.27. The van der Waals surface area contributed by atoms with E-state index < -0.39 is 5.97 Å². The Kier molecular flexibility index (Phi) is 4.30. The summed E-state index contributed by atoms with van der Waals surface area (Å²) in [6.07, 6.45) is 1.54. The summed E-state index contributed by atoms with van der Waals surface area (Å²) in [5.74, 6) is 0.749. The molecule has 0 atom stereocenters. The van der Waals surface area contributed by atoms with E-state index in [9.17, 15) is 9.59 Å². The van der Waals surface area contributed by atoms with Gasteiger partial charge in [-0.3, -0.25) is 0 Å². The van der Waals surface area contributed by atoms with Gasteiger partial charge in [0, 0.05) is 0 Å². The van der Waals surface area contributed by atoms with Crippen LogP contribution >= 0.6 is 0 Å².